The van der Waals surface area contributed by atoms with Gasteiger partial charge in [-0.1, -0.05) is 34.8 Å². The van der Waals surface area contributed by atoms with Crippen molar-refractivity contribution >= 4 is 15.9 Å². The Morgan fingerprint density at radius 2 is 2.17 bits per heavy atom. The summed E-state index contributed by atoms with van der Waals surface area (Å²) in [5.74, 6) is 0.694. The summed E-state index contributed by atoms with van der Waals surface area (Å²) in [5, 5.41) is 0. The molecule has 1 aromatic heterocycles. The lowest BCUT2D eigenvalue weighted by Gasteiger charge is -2.35. The van der Waals surface area contributed by atoms with Crippen molar-refractivity contribution in [3.63, 3.8) is 0 Å². The van der Waals surface area contributed by atoms with Gasteiger partial charge < -0.3 is 4.74 Å². The molecule has 1 aromatic rings. The van der Waals surface area contributed by atoms with E-state index >= 15 is 0 Å². The second kappa shape index (κ2) is 6.53. The van der Waals surface area contributed by atoms with Crippen LogP contribution in [0.1, 0.15) is 31.4 Å². The van der Waals surface area contributed by atoms with Crippen molar-refractivity contribution in [2.45, 2.75) is 43.1 Å². The number of rotatable bonds is 4. The fraction of sp³-hybridized carbons (Fsp3) is 0.643. The van der Waals surface area contributed by atoms with Crippen LogP contribution in [0.3, 0.4) is 0 Å². The van der Waals surface area contributed by atoms with Gasteiger partial charge in [-0.15, -0.1) is 0 Å². The van der Waals surface area contributed by atoms with E-state index in [1.807, 2.05) is 12.1 Å². The molecule has 1 aliphatic carbocycles. The van der Waals surface area contributed by atoms with Crippen molar-refractivity contribution in [2.75, 3.05) is 14.2 Å². The molecule has 0 radical (unpaired) electrons. The van der Waals surface area contributed by atoms with E-state index in [-0.39, 0.29) is 0 Å². The summed E-state index contributed by atoms with van der Waals surface area (Å²) in [7, 11) is 3.84. The molecule has 1 heterocycles. The smallest absolute Gasteiger partial charge is 0.213 e. The minimum absolute atomic E-state index is 0.613. The highest BCUT2D eigenvalue weighted by molar-refractivity contribution is 9.09. The molecule has 1 fully saturated rings. The first-order valence-corrected chi connectivity index (χ1v) is 7.46. The van der Waals surface area contributed by atoms with Gasteiger partial charge in [-0.05, 0) is 26.0 Å². The first kappa shape index (κ1) is 13.8. The predicted molar refractivity (Wildman–Crippen MR) is 77.2 cm³/mol. The summed E-state index contributed by atoms with van der Waals surface area (Å²) in [6.07, 6.45) is 5.23. The molecule has 0 saturated heterocycles. The number of hydrogen-bond acceptors (Lipinski definition) is 3. The Hall–Kier alpha value is -0.610. The normalized spacial score (nSPS) is 24.2. The molecule has 0 bridgehead atoms. The number of alkyl halides is 1. The summed E-state index contributed by atoms with van der Waals surface area (Å²) in [5.41, 5.74) is 1.07. The lowest BCUT2D eigenvalue weighted by atomic mass is 9.94. The summed E-state index contributed by atoms with van der Waals surface area (Å²) >= 11 is 3.81. The van der Waals surface area contributed by atoms with E-state index < -0.39 is 0 Å². The van der Waals surface area contributed by atoms with Crippen molar-refractivity contribution in [1.82, 2.24) is 9.88 Å². The van der Waals surface area contributed by atoms with Crippen LogP contribution in [0.4, 0.5) is 0 Å². The first-order valence-electron chi connectivity index (χ1n) is 6.55. The largest absolute Gasteiger partial charge is 0.481 e. The highest BCUT2D eigenvalue weighted by atomic mass is 79.9. The number of aromatic nitrogens is 1. The summed E-state index contributed by atoms with van der Waals surface area (Å²) < 4.78 is 5.16. The molecule has 2 rings (SSSR count). The van der Waals surface area contributed by atoms with E-state index in [4.69, 9.17) is 4.74 Å². The van der Waals surface area contributed by atoms with Gasteiger partial charge >= 0.3 is 0 Å². The minimum Gasteiger partial charge on any atom is -0.481 e. The molecular weight excluding hydrogens is 292 g/mol. The van der Waals surface area contributed by atoms with Gasteiger partial charge in [-0.3, -0.25) is 4.90 Å². The van der Waals surface area contributed by atoms with Crippen LogP contribution in [0.5, 0.6) is 5.88 Å². The van der Waals surface area contributed by atoms with Gasteiger partial charge in [0, 0.05) is 23.5 Å². The molecule has 0 N–H and O–H groups in total. The van der Waals surface area contributed by atoms with Gasteiger partial charge in [0.1, 0.15) is 0 Å². The standard InChI is InChI=1S/C14H21BrN2O/c1-17(13-8-4-3-7-12(13)15)10-11-6-5-9-14(16-11)18-2/h5-6,9,12-13H,3-4,7-8,10H2,1-2H3. The number of ether oxygens (including phenoxy) is 1. The summed E-state index contributed by atoms with van der Waals surface area (Å²) in [6.45, 7) is 0.879. The second-order valence-electron chi connectivity index (χ2n) is 4.95. The quantitative estimate of drug-likeness (QED) is 0.798. The zero-order valence-electron chi connectivity index (χ0n) is 11.1. The summed E-state index contributed by atoms with van der Waals surface area (Å²) in [6, 6.07) is 6.57. The van der Waals surface area contributed by atoms with Crippen molar-refractivity contribution in [3.8, 4) is 5.88 Å². The minimum atomic E-state index is 0.613. The maximum absolute atomic E-state index is 5.16. The van der Waals surface area contributed by atoms with E-state index in [2.05, 4.69) is 38.9 Å². The highest BCUT2D eigenvalue weighted by Gasteiger charge is 2.26. The molecule has 3 nitrogen and oxygen atoms in total. The number of nitrogens with zero attached hydrogens (tertiary/aromatic N) is 2. The Morgan fingerprint density at radius 3 is 2.89 bits per heavy atom. The van der Waals surface area contributed by atoms with Gasteiger partial charge in [-0.25, -0.2) is 4.98 Å². The van der Waals surface area contributed by atoms with Crippen molar-refractivity contribution in [2.24, 2.45) is 0 Å². The monoisotopic (exact) mass is 312 g/mol. The Kier molecular flexibility index (Phi) is 5.01. The molecule has 0 aliphatic heterocycles. The van der Waals surface area contributed by atoms with Gasteiger partial charge in [0.25, 0.3) is 0 Å². The molecule has 100 valence electrons. The van der Waals surface area contributed by atoms with E-state index in [1.165, 1.54) is 25.7 Å². The molecule has 2 atom stereocenters. The Morgan fingerprint density at radius 1 is 1.39 bits per heavy atom. The van der Waals surface area contributed by atoms with Gasteiger partial charge in [0.2, 0.25) is 5.88 Å². The highest BCUT2D eigenvalue weighted by Crippen LogP contribution is 2.28. The lowest BCUT2D eigenvalue weighted by Crippen LogP contribution is -2.40. The fourth-order valence-electron chi connectivity index (χ4n) is 2.59. The van der Waals surface area contributed by atoms with Gasteiger partial charge in [0.05, 0.1) is 12.8 Å². The van der Waals surface area contributed by atoms with Crippen LogP contribution >= 0.6 is 15.9 Å². The van der Waals surface area contributed by atoms with E-state index in [0.29, 0.717) is 16.7 Å². The van der Waals surface area contributed by atoms with E-state index in [9.17, 15) is 0 Å². The molecule has 4 heteroatoms. The predicted octanol–water partition coefficient (Wildman–Crippen LogP) is 3.23. The second-order valence-corrected chi connectivity index (χ2v) is 6.13. The van der Waals surface area contributed by atoms with Crippen LogP contribution < -0.4 is 4.74 Å². The van der Waals surface area contributed by atoms with Crippen LogP contribution in [-0.4, -0.2) is 34.9 Å². The molecule has 0 aromatic carbocycles. The number of methoxy groups -OCH3 is 1. The number of hydrogen-bond donors (Lipinski definition) is 0. The third-order valence-electron chi connectivity index (χ3n) is 3.62. The molecule has 0 spiro atoms. The maximum Gasteiger partial charge on any atom is 0.213 e. The van der Waals surface area contributed by atoms with Crippen molar-refractivity contribution in [3.05, 3.63) is 23.9 Å². The molecule has 1 saturated carbocycles. The van der Waals surface area contributed by atoms with Crippen molar-refractivity contribution in [1.29, 1.82) is 0 Å². The number of pyridine rings is 1. The van der Waals surface area contributed by atoms with Crippen LogP contribution in [0, 0.1) is 0 Å². The van der Waals surface area contributed by atoms with E-state index in [1.54, 1.807) is 7.11 Å². The number of halogens is 1. The maximum atomic E-state index is 5.16. The molecule has 2 unspecified atom stereocenters. The topological polar surface area (TPSA) is 25.4 Å². The third-order valence-corrected chi connectivity index (χ3v) is 4.68. The molecule has 18 heavy (non-hydrogen) atoms. The Labute approximate surface area is 118 Å². The van der Waals surface area contributed by atoms with Crippen molar-refractivity contribution < 1.29 is 4.74 Å². The van der Waals surface area contributed by atoms with Crippen LogP contribution in [-0.2, 0) is 6.54 Å². The van der Waals surface area contributed by atoms with Gasteiger partial charge in [0.15, 0.2) is 0 Å². The Balaban J connectivity index is 1.98. The van der Waals surface area contributed by atoms with Gasteiger partial charge in [-0.2, -0.15) is 0 Å². The SMILES string of the molecule is COc1cccc(CN(C)C2CCCCC2Br)n1. The lowest BCUT2D eigenvalue weighted by molar-refractivity contribution is 0.190. The van der Waals surface area contributed by atoms with Crippen LogP contribution in [0.2, 0.25) is 0 Å². The molecular formula is C14H21BrN2O. The van der Waals surface area contributed by atoms with E-state index in [0.717, 1.165) is 12.2 Å². The average molecular weight is 313 g/mol. The average Bonchev–Trinajstić information content (AvgIpc) is 2.39. The zero-order chi connectivity index (χ0) is 13.0. The summed E-state index contributed by atoms with van der Waals surface area (Å²) in [4.78, 5) is 7.49. The third kappa shape index (κ3) is 3.45. The first-order chi connectivity index (χ1) is 8.70. The zero-order valence-corrected chi connectivity index (χ0v) is 12.7. The van der Waals surface area contributed by atoms with Crippen LogP contribution in [0.25, 0.3) is 0 Å². The fourth-order valence-corrected chi connectivity index (χ4v) is 3.59. The molecule has 1 aliphatic rings. The molecule has 0 amide bonds. The van der Waals surface area contributed by atoms with Crippen LogP contribution in [0.15, 0.2) is 18.2 Å². The Bertz CT molecular complexity index is 386.